The lowest BCUT2D eigenvalue weighted by Crippen LogP contribution is -2.09. The number of hydrogen-bond donors (Lipinski definition) is 1. The fourth-order valence-corrected chi connectivity index (χ4v) is 3.05. The third kappa shape index (κ3) is 3.67. The van der Waals surface area contributed by atoms with Gasteiger partial charge in [-0.3, -0.25) is 9.59 Å². The van der Waals surface area contributed by atoms with Crippen molar-refractivity contribution in [2.24, 2.45) is 0 Å². The van der Waals surface area contributed by atoms with Gasteiger partial charge in [-0.05, 0) is 81.1 Å². The molecule has 0 atom stereocenters. The lowest BCUT2D eigenvalue weighted by molar-refractivity contribution is 0.100. The smallest absolute Gasteiger partial charge is 0.160 e. The van der Waals surface area contributed by atoms with Crippen LogP contribution in [0.1, 0.15) is 56.8 Å². The second-order valence-corrected chi connectivity index (χ2v) is 6.03. The quantitative estimate of drug-likeness (QED) is 0.819. The molecule has 3 heteroatoms. The molecule has 0 aliphatic rings. The van der Waals surface area contributed by atoms with Gasteiger partial charge >= 0.3 is 0 Å². The van der Waals surface area contributed by atoms with Crippen molar-refractivity contribution in [2.75, 3.05) is 5.32 Å². The first-order valence-corrected chi connectivity index (χ1v) is 7.76. The molecule has 0 radical (unpaired) electrons. The van der Waals surface area contributed by atoms with E-state index in [4.69, 9.17) is 0 Å². The van der Waals surface area contributed by atoms with Crippen LogP contribution >= 0.6 is 0 Å². The van der Waals surface area contributed by atoms with E-state index in [0.29, 0.717) is 12.1 Å². The van der Waals surface area contributed by atoms with E-state index < -0.39 is 0 Å². The van der Waals surface area contributed by atoms with Gasteiger partial charge in [0.05, 0.1) is 0 Å². The van der Waals surface area contributed by atoms with Gasteiger partial charge in [-0.1, -0.05) is 6.07 Å². The minimum absolute atomic E-state index is 0.0628. The molecule has 2 aromatic rings. The molecule has 0 saturated heterocycles. The zero-order valence-corrected chi connectivity index (χ0v) is 14.4. The van der Waals surface area contributed by atoms with Crippen LogP contribution in [0, 0.1) is 20.8 Å². The summed E-state index contributed by atoms with van der Waals surface area (Å²) >= 11 is 0. The van der Waals surface area contributed by atoms with E-state index in [9.17, 15) is 9.59 Å². The van der Waals surface area contributed by atoms with Crippen molar-refractivity contribution in [2.45, 2.75) is 41.2 Å². The number of Topliss-reactive ketones (excluding diaryl/α,β-unsaturated/α-hetero) is 2. The maximum absolute atomic E-state index is 11.9. The molecule has 0 fully saturated rings. The average molecular weight is 309 g/mol. The van der Waals surface area contributed by atoms with Crippen molar-refractivity contribution in [3.05, 3.63) is 63.7 Å². The standard InChI is InChI=1S/C20H23NO2/c1-12-10-13(2)20(16(5)23)14(3)19(12)11-21-18-8-6-17(7-9-18)15(4)22/h6-10,21H,11H2,1-5H3. The third-order valence-corrected chi connectivity index (χ3v) is 4.24. The summed E-state index contributed by atoms with van der Waals surface area (Å²) in [5, 5.41) is 3.37. The predicted molar refractivity (Wildman–Crippen MR) is 94.4 cm³/mol. The predicted octanol–water partition coefficient (Wildman–Crippen LogP) is 4.63. The molecule has 0 aromatic heterocycles. The second-order valence-electron chi connectivity index (χ2n) is 6.03. The van der Waals surface area contributed by atoms with Gasteiger partial charge in [-0.2, -0.15) is 0 Å². The minimum atomic E-state index is 0.0628. The van der Waals surface area contributed by atoms with E-state index in [1.165, 1.54) is 5.56 Å². The molecular formula is C20H23NO2. The molecule has 2 aromatic carbocycles. The van der Waals surface area contributed by atoms with Crippen LogP contribution in [0.15, 0.2) is 30.3 Å². The van der Waals surface area contributed by atoms with Crippen LogP contribution < -0.4 is 5.32 Å². The molecule has 1 N–H and O–H groups in total. The molecular weight excluding hydrogens is 286 g/mol. The third-order valence-electron chi connectivity index (χ3n) is 4.24. The largest absolute Gasteiger partial charge is 0.381 e. The number of benzene rings is 2. The van der Waals surface area contributed by atoms with Crippen LogP contribution in [0.4, 0.5) is 5.69 Å². The highest BCUT2D eigenvalue weighted by Gasteiger charge is 2.14. The van der Waals surface area contributed by atoms with Crippen LogP contribution in [-0.2, 0) is 6.54 Å². The Bertz CT molecular complexity index is 758. The van der Waals surface area contributed by atoms with Crippen molar-refractivity contribution in [1.82, 2.24) is 0 Å². The first-order chi connectivity index (χ1) is 10.8. The Kier molecular flexibility index (Phi) is 4.99. The number of aryl methyl sites for hydroxylation is 2. The molecule has 3 nitrogen and oxygen atoms in total. The first kappa shape index (κ1) is 16.9. The van der Waals surface area contributed by atoms with E-state index in [1.54, 1.807) is 13.8 Å². The average Bonchev–Trinajstić information content (AvgIpc) is 2.46. The summed E-state index contributed by atoms with van der Waals surface area (Å²) in [6, 6.07) is 9.52. The van der Waals surface area contributed by atoms with Gasteiger partial charge in [0.25, 0.3) is 0 Å². The molecule has 0 saturated carbocycles. The molecule has 0 heterocycles. The minimum Gasteiger partial charge on any atom is -0.381 e. The van der Waals surface area contributed by atoms with Gasteiger partial charge in [0.15, 0.2) is 11.6 Å². The van der Waals surface area contributed by atoms with Crippen molar-refractivity contribution < 1.29 is 9.59 Å². The van der Waals surface area contributed by atoms with Gasteiger partial charge in [-0.15, -0.1) is 0 Å². The van der Waals surface area contributed by atoms with Gasteiger partial charge in [0.2, 0.25) is 0 Å². The Morgan fingerprint density at radius 2 is 1.52 bits per heavy atom. The van der Waals surface area contributed by atoms with Crippen molar-refractivity contribution in [3.63, 3.8) is 0 Å². The Labute approximate surface area is 137 Å². The number of carbonyl (C=O) groups is 2. The zero-order chi connectivity index (χ0) is 17.1. The van der Waals surface area contributed by atoms with Crippen LogP contribution in [-0.4, -0.2) is 11.6 Å². The number of anilines is 1. The SMILES string of the molecule is CC(=O)c1ccc(NCc2c(C)cc(C)c(C(C)=O)c2C)cc1. The van der Waals surface area contributed by atoms with Crippen LogP contribution in [0.25, 0.3) is 0 Å². The van der Waals surface area contributed by atoms with E-state index in [2.05, 4.69) is 18.3 Å². The summed E-state index contributed by atoms with van der Waals surface area (Å²) in [6.45, 7) is 9.88. The Balaban J connectivity index is 2.25. The molecule has 0 aliphatic heterocycles. The van der Waals surface area contributed by atoms with Crippen molar-refractivity contribution >= 4 is 17.3 Å². The maximum Gasteiger partial charge on any atom is 0.160 e. The summed E-state index contributed by atoms with van der Waals surface area (Å²) in [7, 11) is 0. The summed E-state index contributed by atoms with van der Waals surface area (Å²) in [5.41, 5.74) is 6.88. The summed E-state index contributed by atoms with van der Waals surface area (Å²) in [6.07, 6.45) is 0. The molecule has 0 amide bonds. The topological polar surface area (TPSA) is 46.2 Å². The van der Waals surface area contributed by atoms with Crippen LogP contribution in [0.2, 0.25) is 0 Å². The fourth-order valence-electron chi connectivity index (χ4n) is 3.05. The molecule has 0 unspecified atom stereocenters. The highest BCUT2D eigenvalue weighted by atomic mass is 16.1. The number of carbonyl (C=O) groups excluding carboxylic acids is 2. The number of ketones is 2. The van der Waals surface area contributed by atoms with E-state index in [0.717, 1.165) is 27.9 Å². The van der Waals surface area contributed by atoms with Gasteiger partial charge in [-0.25, -0.2) is 0 Å². The van der Waals surface area contributed by atoms with Crippen LogP contribution in [0.5, 0.6) is 0 Å². The monoisotopic (exact) mass is 309 g/mol. The summed E-state index contributed by atoms with van der Waals surface area (Å²) in [4.78, 5) is 23.2. The zero-order valence-electron chi connectivity index (χ0n) is 14.4. The van der Waals surface area contributed by atoms with E-state index in [-0.39, 0.29) is 11.6 Å². The number of rotatable bonds is 5. The highest BCUT2D eigenvalue weighted by Crippen LogP contribution is 2.24. The van der Waals surface area contributed by atoms with Gasteiger partial charge < -0.3 is 5.32 Å². The molecule has 0 aliphatic carbocycles. The van der Waals surface area contributed by atoms with E-state index in [1.807, 2.05) is 38.1 Å². The molecule has 0 bridgehead atoms. The molecule has 23 heavy (non-hydrogen) atoms. The number of nitrogens with one attached hydrogen (secondary N) is 1. The maximum atomic E-state index is 11.9. The lowest BCUT2D eigenvalue weighted by atomic mass is 9.91. The van der Waals surface area contributed by atoms with Crippen molar-refractivity contribution in [1.29, 1.82) is 0 Å². The number of hydrogen-bond acceptors (Lipinski definition) is 3. The lowest BCUT2D eigenvalue weighted by Gasteiger charge is -2.17. The van der Waals surface area contributed by atoms with Gasteiger partial charge in [0.1, 0.15) is 0 Å². The highest BCUT2D eigenvalue weighted by molar-refractivity contribution is 5.97. The van der Waals surface area contributed by atoms with Crippen molar-refractivity contribution in [3.8, 4) is 0 Å². The van der Waals surface area contributed by atoms with E-state index >= 15 is 0 Å². The van der Waals surface area contributed by atoms with Gasteiger partial charge in [0, 0.05) is 23.4 Å². The normalized spacial score (nSPS) is 10.5. The Morgan fingerprint density at radius 1 is 0.913 bits per heavy atom. The second kappa shape index (κ2) is 6.78. The summed E-state index contributed by atoms with van der Waals surface area (Å²) < 4.78 is 0. The fraction of sp³-hybridized carbons (Fsp3) is 0.300. The Morgan fingerprint density at radius 3 is 2.04 bits per heavy atom. The molecule has 0 spiro atoms. The van der Waals surface area contributed by atoms with Crippen LogP contribution in [0.3, 0.4) is 0 Å². The molecule has 120 valence electrons. The molecule has 2 rings (SSSR count). The first-order valence-electron chi connectivity index (χ1n) is 7.76. The Hall–Kier alpha value is -2.42. The summed E-state index contributed by atoms with van der Waals surface area (Å²) in [5.74, 6) is 0.167.